The van der Waals surface area contributed by atoms with Crippen LogP contribution in [-0.4, -0.2) is 57.9 Å². The molecule has 0 aliphatic carbocycles. The van der Waals surface area contributed by atoms with Crippen LogP contribution in [0.15, 0.2) is 65.6 Å². The maximum atomic E-state index is 13.6. The number of rotatable bonds is 16. The first-order chi connectivity index (χ1) is 22.9. The fraction of sp³-hybridized carbons (Fsp3) is 0.500. The number of unbranched alkanes of at least 4 members (excludes halogenated alkanes) is 7. The molecule has 1 amide bonds. The number of hydrogen-bond donors (Lipinski definition) is 1. The summed E-state index contributed by atoms with van der Waals surface area (Å²) >= 11 is 0. The van der Waals surface area contributed by atoms with E-state index in [9.17, 15) is 14.0 Å². The van der Waals surface area contributed by atoms with Crippen LogP contribution >= 0.6 is 0 Å². The van der Waals surface area contributed by atoms with Gasteiger partial charge in [0.15, 0.2) is 6.73 Å². The van der Waals surface area contributed by atoms with Gasteiger partial charge in [-0.3, -0.25) is 4.79 Å². The maximum Gasteiger partial charge on any atom is 0.408 e. The second-order valence-electron chi connectivity index (χ2n) is 12.4. The number of nitrogens with one attached hydrogen (secondary N) is 1. The van der Waals surface area contributed by atoms with Crippen molar-refractivity contribution in [3.8, 4) is 0 Å². The summed E-state index contributed by atoms with van der Waals surface area (Å²) in [4.78, 5) is 39.0. The van der Waals surface area contributed by atoms with Crippen LogP contribution in [0.4, 0.5) is 21.1 Å². The number of amides is 1. The van der Waals surface area contributed by atoms with Crippen molar-refractivity contribution in [2.75, 3.05) is 36.5 Å². The van der Waals surface area contributed by atoms with Crippen LogP contribution in [0, 0.1) is 5.82 Å². The van der Waals surface area contributed by atoms with Crippen LogP contribution in [-0.2, 0) is 18.0 Å². The number of aromatic nitrogens is 4. The smallest absolute Gasteiger partial charge is 0.408 e. The van der Waals surface area contributed by atoms with E-state index in [1.807, 2.05) is 42.3 Å². The van der Waals surface area contributed by atoms with Gasteiger partial charge in [0.05, 0.1) is 17.6 Å². The lowest BCUT2D eigenvalue weighted by Crippen LogP contribution is -2.46. The second kappa shape index (κ2) is 16.9. The number of piperidine rings is 1. The number of halogens is 1. The van der Waals surface area contributed by atoms with Gasteiger partial charge >= 0.3 is 6.09 Å². The zero-order chi connectivity index (χ0) is 33.0. The summed E-state index contributed by atoms with van der Waals surface area (Å²) in [7, 11) is 1.94. The topological polar surface area (TPSA) is 97.5 Å². The number of anilines is 2. The third-order valence-electron chi connectivity index (χ3n) is 9.04. The van der Waals surface area contributed by atoms with Crippen molar-refractivity contribution in [3.63, 3.8) is 0 Å². The number of imidazole rings is 1. The monoisotopic (exact) mass is 645 g/mol. The average Bonchev–Trinajstić information content (AvgIpc) is 3.45. The van der Waals surface area contributed by atoms with E-state index in [1.54, 1.807) is 0 Å². The molecule has 0 bridgehead atoms. The maximum absolute atomic E-state index is 13.6. The lowest BCUT2D eigenvalue weighted by molar-refractivity contribution is 0.112. The van der Waals surface area contributed by atoms with Gasteiger partial charge < -0.3 is 24.4 Å². The number of benzene rings is 2. The highest BCUT2D eigenvalue weighted by Crippen LogP contribution is 2.28. The number of fused-ring (bicyclic) bond motifs is 1. The van der Waals surface area contributed by atoms with Gasteiger partial charge in [-0.05, 0) is 49.1 Å². The lowest BCUT2D eigenvalue weighted by Gasteiger charge is -2.38. The third kappa shape index (κ3) is 9.11. The number of para-hydroxylation sites is 2. The van der Waals surface area contributed by atoms with Gasteiger partial charge in [0.2, 0.25) is 11.9 Å². The van der Waals surface area contributed by atoms with E-state index >= 15 is 0 Å². The van der Waals surface area contributed by atoms with E-state index in [2.05, 4.69) is 32.8 Å². The zero-order valence-corrected chi connectivity index (χ0v) is 27.7. The highest BCUT2D eigenvalue weighted by atomic mass is 19.1. The normalized spacial score (nSPS) is 13.6. The van der Waals surface area contributed by atoms with Crippen molar-refractivity contribution in [2.45, 2.75) is 90.4 Å². The minimum atomic E-state index is -0.533. The van der Waals surface area contributed by atoms with Crippen molar-refractivity contribution in [3.05, 3.63) is 82.5 Å². The van der Waals surface area contributed by atoms with E-state index in [-0.39, 0.29) is 24.1 Å². The molecule has 0 spiro atoms. The predicted molar refractivity (Wildman–Crippen MR) is 184 cm³/mol. The van der Waals surface area contributed by atoms with Crippen LogP contribution in [0.3, 0.4) is 0 Å². The highest BCUT2D eigenvalue weighted by molar-refractivity contribution is 5.79. The number of hydrogen-bond acceptors (Lipinski definition) is 7. The Labute approximate surface area is 276 Å². The fourth-order valence-electron chi connectivity index (χ4n) is 6.30. The Balaban J connectivity index is 1.15. The summed E-state index contributed by atoms with van der Waals surface area (Å²) in [5.74, 6) is 1.10. The Bertz CT molecular complexity index is 1630. The molecule has 2 aromatic carbocycles. The van der Waals surface area contributed by atoms with Crippen molar-refractivity contribution in [1.29, 1.82) is 0 Å². The Morgan fingerprint density at radius 1 is 0.957 bits per heavy atom. The van der Waals surface area contributed by atoms with E-state index in [4.69, 9.17) is 9.72 Å². The molecule has 0 radical (unpaired) electrons. The zero-order valence-electron chi connectivity index (χ0n) is 27.7. The first kappa shape index (κ1) is 33.9. The summed E-state index contributed by atoms with van der Waals surface area (Å²) < 4.78 is 22.6. The van der Waals surface area contributed by atoms with Gasteiger partial charge in [-0.15, -0.1) is 0 Å². The summed E-state index contributed by atoms with van der Waals surface area (Å²) in [6.07, 6.45) is 12.1. The summed E-state index contributed by atoms with van der Waals surface area (Å²) in [6.45, 7) is 4.68. The van der Waals surface area contributed by atoms with Crippen molar-refractivity contribution >= 4 is 29.0 Å². The van der Waals surface area contributed by atoms with E-state index < -0.39 is 6.09 Å². The molecule has 0 atom stereocenters. The molecule has 1 fully saturated rings. The third-order valence-corrected chi connectivity index (χ3v) is 9.04. The molecule has 47 heavy (non-hydrogen) atoms. The Morgan fingerprint density at radius 3 is 2.40 bits per heavy atom. The van der Waals surface area contributed by atoms with Crippen molar-refractivity contribution in [2.24, 2.45) is 0 Å². The molecule has 2 aromatic heterocycles. The summed E-state index contributed by atoms with van der Waals surface area (Å²) in [5.41, 5.74) is 2.68. The molecule has 3 heterocycles. The molecular formula is C36H48FN7O3. The molecule has 11 heteroatoms. The van der Waals surface area contributed by atoms with Gasteiger partial charge in [0, 0.05) is 45.0 Å². The average molecular weight is 646 g/mol. The molecule has 1 saturated heterocycles. The van der Waals surface area contributed by atoms with Crippen molar-refractivity contribution < 1.29 is 13.9 Å². The molecule has 10 nitrogen and oxygen atoms in total. The molecule has 1 N–H and O–H groups in total. The second-order valence-corrected chi connectivity index (χ2v) is 12.4. The number of alkyl carbamates (subject to hydrolysis) is 1. The number of carbonyl (C=O) groups excluding carboxylic acids is 1. The van der Waals surface area contributed by atoms with E-state index in [0.717, 1.165) is 61.3 Å². The molecule has 0 unspecified atom stereocenters. The molecule has 252 valence electrons. The Hall–Kier alpha value is -4.41. The van der Waals surface area contributed by atoms with Gasteiger partial charge in [-0.1, -0.05) is 76.1 Å². The van der Waals surface area contributed by atoms with Crippen LogP contribution < -0.4 is 20.7 Å². The molecule has 1 aliphatic rings. The molecule has 0 saturated carbocycles. The van der Waals surface area contributed by atoms with Gasteiger partial charge in [-0.2, -0.15) is 0 Å². The predicted octanol–water partition coefficient (Wildman–Crippen LogP) is 6.71. The van der Waals surface area contributed by atoms with Gasteiger partial charge in [0.1, 0.15) is 5.82 Å². The Kier molecular flexibility index (Phi) is 12.2. The Morgan fingerprint density at radius 2 is 1.66 bits per heavy atom. The van der Waals surface area contributed by atoms with Crippen LogP contribution in [0.5, 0.6) is 0 Å². The quantitative estimate of drug-likeness (QED) is 0.135. The summed E-state index contributed by atoms with van der Waals surface area (Å²) in [5, 5.41) is 2.81. The first-order valence-corrected chi connectivity index (χ1v) is 17.1. The SMILES string of the molecule is CCCCCCCCCCNC(=O)OCn1c(N(C)C2CCN(c3nc4ccccc4n3Cc3ccc(F)cc3)CC2)nccc1=O. The fourth-order valence-corrected chi connectivity index (χ4v) is 6.30. The summed E-state index contributed by atoms with van der Waals surface area (Å²) in [6, 6.07) is 16.2. The standard InChI is InChI=1S/C36H48FN7O3/c1-3-4-5-6-7-8-9-12-22-39-36(46)47-27-44-33(45)19-23-38-34(44)41(2)30-20-24-42(25-21-30)35-40-31-13-10-11-14-32(31)43(35)26-28-15-17-29(37)18-16-28/h10-11,13-19,23,30H,3-9,12,20-22,24-27H2,1-2H3,(H,39,46). The van der Waals surface area contributed by atoms with Crippen molar-refractivity contribution in [1.82, 2.24) is 24.4 Å². The number of ether oxygens (including phenoxy) is 1. The largest absolute Gasteiger partial charge is 0.428 e. The van der Waals surface area contributed by atoms with Crippen LogP contribution in [0.2, 0.25) is 0 Å². The van der Waals surface area contributed by atoms with Crippen LogP contribution in [0.1, 0.15) is 76.7 Å². The number of nitrogens with zero attached hydrogens (tertiary/aromatic N) is 6. The first-order valence-electron chi connectivity index (χ1n) is 17.1. The highest BCUT2D eigenvalue weighted by Gasteiger charge is 2.28. The molecule has 1 aliphatic heterocycles. The molecular weight excluding hydrogens is 597 g/mol. The minimum absolute atomic E-state index is 0.123. The van der Waals surface area contributed by atoms with Gasteiger partial charge in [-0.25, -0.2) is 23.7 Å². The molecule has 5 rings (SSSR count). The van der Waals surface area contributed by atoms with E-state index in [0.29, 0.717) is 19.0 Å². The van der Waals surface area contributed by atoms with Gasteiger partial charge in [0.25, 0.3) is 5.56 Å². The van der Waals surface area contributed by atoms with Crippen LogP contribution in [0.25, 0.3) is 11.0 Å². The minimum Gasteiger partial charge on any atom is -0.428 e. The number of carbonyl (C=O) groups is 1. The molecule has 4 aromatic rings. The lowest BCUT2D eigenvalue weighted by atomic mass is 10.0. The van der Waals surface area contributed by atoms with E-state index in [1.165, 1.54) is 67.5 Å².